The van der Waals surface area contributed by atoms with Crippen LogP contribution in [-0.4, -0.2) is 69.6 Å². The minimum Gasteiger partial charge on any atom is -0.388 e. The zero-order valence-corrected chi connectivity index (χ0v) is 20.0. The Morgan fingerprint density at radius 2 is 1.85 bits per heavy atom. The lowest BCUT2D eigenvalue weighted by molar-refractivity contribution is -0.143. The van der Waals surface area contributed by atoms with E-state index in [2.05, 4.69) is 15.7 Å². The molecule has 9 heteroatoms. The fourth-order valence-corrected chi connectivity index (χ4v) is 4.39. The minimum absolute atomic E-state index is 0.222. The number of rotatable bonds is 6. The second-order valence-electron chi connectivity index (χ2n) is 9.73. The number of alkyl halides is 1. The van der Waals surface area contributed by atoms with Crippen LogP contribution in [0.1, 0.15) is 39.3 Å². The van der Waals surface area contributed by atoms with Crippen LogP contribution in [0.2, 0.25) is 0 Å². The number of aliphatic hydroxyl groups excluding tert-OH is 1. The molecule has 3 N–H and O–H groups in total. The van der Waals surface area contributed by atoms with Gasteiger partial charge in [-0.05, 0) is 36.6 Å². The Balaban J connectivity index is 1.75. The first-order valence-electron chi connectivity index (χ1n) is 11.1. The van der Waals surface area contributed by atoms with Crippen molar-refractivity contribution >= 4 is 11.8 Å². The van der Waals surface area contributed by atoms with Crippen LogP contribution >= 0.6 is 0 Å². The molecule has 2 heterocycles. The largest absolute Gasteiger partial charge is 0.388 e. The molecule has 1 aromatic carbocycles. The maximum absolute atomic E-state index is 14.9. The molecule has 0 bridgehead atoms. The smallest absolute Gasteiger partial charge is 0.246 e. The highest BCUT2D eigenvalue weighted by atomic mass is 19.1. The Morgan fingerprint density at radius 3 is 2.36 bits per heavy atom. The van der Waals surface area contributed by atoms with Crippen molar-refractivity contribution in [2.75, 3.05) is 13.6 Å². The number of nitrogens with one attached hydrogen (secondary N) is 2. The number of nitrogens with zero attached hydrogens (tertiary/aromatic N) is 3. The lowest BCUT2D eigenvalue weighted by Crippen LogP contribution is -2.57. The number of likely N-dealkylation sites (N-methyl/N-ethyl adjacent to an activating group) is 1. The maximum atomic E-state index is 14.9. The molecule has 1 aromatic heterocycles. The van der Waals surface area contributed by atoms with E-state index in [9.17, 15) is 19.1 Å². The normalized spacial score (nSPS) is 22.8. The molecule has 180 valence electrons. The molecule has 3 rings (SSSR count). The molecule has 1 unspecified atom stereocenters. The zero-order chi connectivity index (χ0) is 24.5. The number of hydrogen-bond acceptors (Lipinski definition) is 5. The molecule has 0 radical (unpaired) electrons. The predicted octanol–water partition coefficient (Wildman–Crippen LogP) is 1.81. The summed E-state index contributed by atoms with van der Waals surface area (Å²) >= 11 is 0. The second kappa shape index (κ2) is 9.61. The maximum Gasteiger partial charge on any atom is 0.246 e. The van der Waals surface area contributed by atoms with E-state index in [1.165, 1.54) is 0 Å². The number of carbonyl (C=O) groups is 2. The van der Waals surface area contributed by atoms with Gasteiger partial charge in [0.2, 0.25) is 11.8 Å². The summed E-state index contributed by atoms with van der Waals surface area (Å²) in [6, 6.07) is 7.14. The number of carbonyl (C=O) groups excluding carboxylic acids is 2. The van der Waals surface area contributed by atoms with Gasteiger partial charge in [-0.1, -0.05) is 45.0 Å². The third kappa shape index (κ3) is 5.09. The van der Waals surface area contributed by atoms with Crippen LogP contribution in [0.4, 0.5) is 4.39 Å². The summed E-state index contributed by atoms with van der Waals surface area (Å²) in [5.74, 6) is -1.03. The van der Waals surface area contributed by atoms with E-state index >= 15 is 0 Å². The van der Waals surface area contributed by atoms with Gasteiger partial charge in [-0.25, -0.2) is 4.39 Å². The quantitative estimate of drug-likeness (QED) is 0.612. The number of aryl methyl sites for hydroxylation is 1. The zero-order valence-electron chi connectivity index (χ0n) is 20.0. The van der Waals surface area contributed by atoms with Crippen molar-refractivity contribution in [3.05, 3.63) is 42.1 Å². The molecule has 1 aliphatic heterocycles. The molecule has 1 aliphatic rings. The molecule has 33 heavy (non-hydrogen) atoms. The van der Waals surface area contributed by atoms with Crippen molar-refractivity contribution in [3.63, 3.8) is 0 Å². The number of aliphatic hydroxyl groups is 1. The fraction of sp³-hybridized carbons (Fsp3) is 0.542. The SMILES string of the molecule is CNC(C(=O)N1C[C@H](O)[C@H](F)[C@H]1C(=O)N[C@@H](C)c1ccc(-c2ccnn2C)cc1)C(C)(C)C. The van der Waals surface area contributed by atoms with Gasteiger partial charge >= 0.3 is 0 Å². The number of aromatic nitrogens is 2. The van der Waals surface area contributed by atoms with Crippen molar-refractivity contribution in [1.29, 1.82) is 0 Å². The number of benzene rings is 1. The fourth-order valence-electron chi connectivity index (χ4n) is 4.39. The summed E-state index contributed by atoms with van der Waals surface area (Å²) in [5, 5.41) is 20.1. The van der Waals surface area contributed by atoms with E-state index < -0.39 is 47.6 Å². The monoisotopic (exact) mass is 459 g/mol. The van der Waals surface area contributed by atoms with E-state index in [-0.39, 0.29) is 6.54 Å². The molecule has 5 atom stereocenters. The first-order chi connectivity index (χ1) is 15.5. The third-order valence-corrected chi connectivity index (χ3v) is 6.23. The average molecular weight is 460 g/mol. The summed E-state index contributed by atoms with van der Waals surface area (Å²) in [5.41, 5.74) is 2.33. The number of halogens is 1. The minimum atomic E-state index is -1.86. The van der Waals surface area contributed by atoms with Crippen molar-refractivity contribution in [2.24, 2.45) is 12.5 Å². The standard InChI is InChI=1S/C24H34FN5O3/c1-14(15-7-9-16(10-8-15)17-11-12-27-29(17)6)28-22(32)20-19(25)18(31)13-30(20)23(33)21(26-5)24(2,3)4/h7-12,14,18-21,26,31H,13H2,1-6H3,(H,28,32)/t14-,18-,19-,20-,21?/m0/s1. The molecule has 0 aliphatic carbocycles. The first-order valence-corrected chi connectivity index (χ1v) is 11.1. The van der Waals surface area contributed by atoms with Crippen molar-refractivity contribution in [1.82, 2.24) is 25.3 Å². The third-order valence-electron chi connectivity index (χ3n) is 6.23. The Hall–Kier alpha value is -2.78. The number of amides is 2. The Kier molecular flexibility index (Phi) is 7.23. The predicted molar refractivity (Wildman–Crippen MR) is 124 cm³/mol. The Bertz CT molecular complexity index is 985. The molecule has 1 saturated heterocycles. The molecule has 1 fully saturated rings. The van der Waals surface area contributed by atoms with Gasteiger partial charge in [0, 0.05) is 13.2 Å². The summed E-state index contributed by atoms with van der Waals surface area (Å²) in [6.45, 7) is 7.24. The van der Waals surface area contributed by atoms with E-state index in [1.54, 1.807) is 24.9 Å². The van der Waals surface area contributed by atoms with Gasteiger partial charge in [-0.3, -0.25) is 14.3 Å². The molecule has 8 nitrogen and oxygen atoms in total. The molecule has 0 spiro atoms. The second-order valence-corrected chi connectivity index (χ2v) is 9.73. The van der Waals surface area contributed by atoms with E-state index in [0.717, 1.165) is 21.7 Å². The van der Waals surface area contributed by atoms with E-state index in [0.29, 0.717) is 0 Å². The summed E-state index contributed by atoms with van der Waals surface area (Å²) < 4.78 is 16.6. The molecule has 0 saturated carbocycles. The van der Waals surface area contributed by atoms with Crippen LogP contribution in [0.15, 0.2) is 36.5 Å². The highest BCUT2D eigenvalue weighted by Crippen LogP contribution is 2.28. The van der Waals surface area contributed by atoms with Crippen molar-refractivity contribution in [2.45, 2.75) is 58.1 Å². The van der Waals surface area contributed by atoms with Crippen LogP contribution in [0.5, 0.6) is 0 Å². The number of β-amino-alcohol motifs (C(OH)–C–C–N with tert-alkyl or cyclic N) is 1. The molecule has 2 amide bonds. The summed E-state index contributed by atoms with van der Waals surface area (Å²) in [4.78, 5) is 27.4. The number of likely N-dealkylation sites (tertiary alicyclic amines) is 1. The Morgan fingerprint density at radius 1 is 1.21 bits per heavy atom. The summed E-state index contributed by atoms with van der Waals surface area (Å²) in [6.07, 6.45) is -1.54. The van der Waals surface area contributed by atoms with E-state index in [1.807, 2.05) is 58.2 Å². The lowest BCUT2D eigenvalue weighted by Gasteiger charge is -2.35. The molecular formula is C24H34FN5O3. The van der Waals surface area contributed by atoms with Gasteiger partial charge in [0.05, 0.1) is 24.3 Å². The van der Waals surface area contributed by atoms with Crippen LogP contribution < -0.4 is 10.6 Å². The van der Waals surface area contributed by atoms with Gasteiger partial charge in [0.25, 0.3) is 0 Å². The van der Waals surface area contributed by atoms with E-state index in [4.69, 9.17) is 0 Å². The average Bonchev–Trinajstić information content (AvgIpc) is 3.30. The van der Waals surface area contributed by atoms with Crippen LogP contribution in [0.3, 0.4) is 0 Å². The Labute approximate surface area is 194 Å². The van der Waals surface area contributed by atoms with Crippen LogP contribution in [0.25, 0.3) is 11.3 Å². The van der Waals surface area contributed by atoms with Gasteiger partial charge in [-0.2, -0.15) is 5.10 Å². The first kappa shape index (κ1) is 24.9. The lowest BCUT2D eigenvalue weighted by atomic mass is 9.85. The highest BCUT2D eigenvalue weighted by Gasteiger charge is 2.50. The van der Waals surface area contributed by atoms with Crippen LogP contribution in [0, 0.1) is 5.41 Å². The van der Waals surface area contributed by atoms with Gasteiger partial charge < -0.3 is 20.6 Å². The molecular weight excluding hydrogens is 425 g/mol. The van der Waals surface area contributed by atoms with Gasteiger partial charge in [0.1, 0.15) is 12.1 Å². The summed E-state index contributed by atoms with van der Waals surface area (Å²) in [7, 11) is 3.51. The highest BCUT2D eigenvalue weighted by molar-refractivity contribution is 5.91. The molecule has 2 aromatic rings. The number of hydrogen-bond donors (Lipinski definition) is 3. The van der Waals surface area contributed by atoms with Crippen LogP contribution in [-0.2, 0) is 16.6 Å². The van der Waals surface area contributed by atoms with Crippen molar-refractivity contribution < 1.29 is 19.1 Å². The van der Waals surface area contributed by atoms with Gasteiger partial charge in [-0.15, -0.1) is 0 Å². The van der Waals surface area contributed by atoms with Gasteiger partial charge in [0.15, 0.2) is 6.17 Å². The topological polar surface area (TPSA) is 99.5 Å². The van der Waals surface area contributed by atoms with Crippen molar-refractivity contribution in [3.8, 4) is 11.3 Å².